The Kier molecular flexibility index (Phi) is 3.89. The maximum Gasteiger partial charge on any atom is 0.273 e. The molecule has 3 heterocycles. The van der Waals surface area contributed by atoms with Crippen LogP contribution in [0, 0.1) is 0 Å². The van der Waals surface area contributed by atoms with Gasteiger partial charge in [0.2, 0.25) is 0 Å². The van der Waals surface area contributed by atoms with Gasteiger partial charge >= 0.3 is 0 Å². The average molecular weight is 348 g/mol. The number of hydrogen-bond acceptors (Lipinski definition) is 5. The van der Waals surface area contributed by atoms with Crippen LogP contribution >= 0.6 is 0 Å². The Hall–Kier alpha value is -3.61. The quantitative estimate of drug-likeness (QED) is 0.613. The summed E-state index contributed by atoms with van der Waals surface area (Å²) in [5.41, 5.74) is 3.11. The lowest BCUT2D eigenvalue weighted by Gasteiger charge is -2.09. The topological polar surface area (TPSA) is 81.5 Å². The van der Waals surface area contributed by atoms with Crippen LogP contribution in [0.15, 0.2) is 59.7 Å². The predicted octanol–water partition coefficient (Wildman–Crippen LogP) is 2.77. The molecule has 0 saturated carbocycles. The summed E-state index contributed by atoms with van der Waals surface area (Å²) in [7, 11) is 3.14. The number of aromatic nitrogens is 4. The number of fused-ring (bicyclic) bond motifs is 1. The fraction of sp³-hybridized carbons (Fsp3) is 0.105. The highest BCUT2D eigenvalue weighted by Crippen LogP contribution is 2.31. The zero-order valence-corrected chi connectivity index (χ0v) is 14.3. The van der Waals surface area contributed by atoms with Crippen LogP contribution in [0.5, 0.6) is 11.5 Å². The van der Waals surface area contributed by atoms with Crippen LogP contribution in [0.3, 0.4) is 0 Å². The molecule has 0 amide bonds. The molecule has 0 radical (unpaired) electrons. The third kappa shape index (κ3) is 2.59. The summed E-state index contributed by atoms with van der Waals surface area (Å²) in [5, 5.41) is 2.93. The normalized spacial score (nSPS) is 10.8. The van der Waals surface area contributed by atoms with Gasteiger partial charge in [-0.1, -0.05) is 6.07 Å². The van der Waals surface area contributed by atoms with Gasteiger partial charge in [0.1, 0.15) is 0 Å². The van der Waals surface area contributed by atoms with Crippen LogP contribution in [-0.4, -0.2) is 33.8 Å². The van der Waals surface area contributed by atoms with Gasteiger partial charge in [0.25, 0.3) is 5.56 Å². The number of ether oxygens (including phenoxy) is 2. The Morgan fingerprint density at radius 2 is 1.85 bits per heavy atom. The highest BCUT2D eigenvalue weighted by Gasteiger charge is 2.14. The van der Waals surface area contributed by atoms with E-state index in [0.29, 0.717) is 22.8 Å². The summed E-state index contributed by atoms with van der Waals surface area (Å²) in [6.45, 7) is 0. The molecule has 0 saturated heterocycles. The van der Waals surface area contributed by atoms with Crippen molar-refractivity contribution in [3.05, 3.63) is 65.2 Å². The minimum atomic E-state index is -0.207. The van der Waals surface area contributed by atoms with E-state index in [0.717, 1.165) is 16.8 Å². The molecule has 0 atom stereocenters. The van der Waals surface area contributed by atoms with E-state index in [-0.39, 0.29) is 5.56 Å². The van der Waals surface area contributed by atoms with Gasteiger partial charge in [-0.25, -0.2) is 9.50 Å². The number of rotatable bonds is 4. The fourth-order valence-corrected chi connectivity index (χ4v) is 2.84. The zero-order valence-electron chi connectivity index (χ0n) is 14.3. The molecule has 0 aliphatic rings. The third-order valence-corrected chi connectivity index (χ3v) is 4.12. The van der Waals surface area contributed by atoms with Gasteiger partial charge < -0.3 is 9.47 Å². The van der Waals surface area contributed by atoms with Crippen molar-refractivity contribution < 1.29 is 9.47 Å². The van der Waals surface area contributed by atoms with E-state index in [1.165, 1.54) is 10.6 Å². The average Bonchev–Trinajstić information content (AvgIpc) is 3.12. The lowest BCUT2D eigenvalue weighted by atomic mass is 10.1. The predicted molar refractivity (Wildman–Crippen MR) is 97.6 cm³/mol. The first-order valence-corrected chi connectivity index (χ1v) is 7.96. The first kappa shape index (κ1) is 15.9. The number of hydrogen-bond donors (Lipinski definition) is 1. The summed E-state index contributed by atoms with van der Waals surface area (Å²) in [4.78, 5) is 21.5. The molecule has 0 aliphatic carbocycles. The van der Waals surface area contributed by atoms with Crippen LogP contribution in [0.2, 0.25) is 0 Å². The second-order valence-electron chi connectivity index (χ2n) is 5.61. The van der Waals surface area contributed by atoms with E-state index in [4.69, 9.17) is 9.47 Å². The van der Waals surface area contributed by atoms with Crippen LogP contribution in [0.4, 0.5) is 0 Å². The van der Waals surface area contributed by atoms with E-state index < -0.39 is 0 Å². The van der Waals surface area contributed by atoms with E-state index >= 15 is 0 Å². The van der Waals surface area contributed by atoms with Crippen LogP contribution in [0.1, 0.15) is 0 Å². The molecular formula is C19H16N4O3. The number of nitrogens with zero attached hydrogens (tertiary/aromatic N) is 3. The number of H-pyrrole nitrogens is 1. The number of pyridine rings is 1. The minimum absolute atomic E-state index is 0.207. The molecular weight excluding hydrogens is 332 g/mol. The Morgan fingerprint density at radius 1 is 1.00 bits per heavy atom. The SMILES string of the molecule is COc1ccc(-c2cc(=O)n3[nH]cc(-c4ccccn4)c3n2)cc1OC. The van der Waals surface area contributed by atoms with Crippen LogP contribution in [-0.2, 0) is 0 Å². The van der Waals surface area contributed by atoms with Gasteiger partial charge in [-0.05, 0) is 30.3 Å². The minimum Gasteiger partial charge on any atom is -0.493 e. The van der Waals surface area contributed by atoms with Crippen molar-refractivity contribution in [2.75, 3.05) is 14.2 Å². The maximum atomic E-state index is 12.5. The van der Waals surface area contributed by atoms with Gasteiger partial charge in [-0.3, -0.25) is 14.9 Å². The van der Waals surface area contributed by atoms with Crippen molar-refractivity contribution in [2.45, 2.75) is 0 Å². The van der Waals surface area contributed by atoms with E-state index in [2.05, 4.69) is 15.1 Å². The summed E-state index contributed by atoms with van der Waals surface area (Å²) in [6, 6.07) is 12.5. The second-order valence-corrected chi connectivity index (χ2v) is 5.61. The Balaban J connectivity index is 1.91. The highest BCUT2D eigenvalue weighted by atomic mass is 16.5. The van der Waals surface area contributed by atoms with Crippen molar-refractivity contribution in [3.8, 4) is 34.0 Å². The summed E-state index contributed by atoms with van der Waals surface area (Å²) in [5.74, 6) is 1.19. The molecule has 26 heavy (non-hydrogen) atoms. The molecule has 7 heteroatoms. The zero-order chi connectivity index (χ0) is 18.1. The standard InChI is InChI=1S/C19H16N4O3/c1-25-16-7-6-12(9-17(16)26-2)15-10-18(24)23-19(22-15)13(11-21-23)14-5-3-4-8-20-14/h3-11,21H,1-2H3. The van der Waals surface area contributed by atoms with Gasteiger partial charge in [-0.2, -0.15) is 0 Å². The highest BCUT2D eigenvalue weighted by molar-refractivity contribution is 5.76. The van der Waals surface area contributed by atoms with Crippen molar-refractivity contribution in [1.29, 1.82) is 0 Å². The van der Waals surface area contributed by atoms with Gasteiger partial charge in [0, 0.05) is 24.0 Å². The Morgan fingerprint density at radius 3 is 2.58 bits per heavy atom. The molecule has 0 aliphatic heterocycles. The van der Waals surface area contributed by atoms with E-state index in [1.54, 1.807) is 38.7 Å². The lowest BCUT2D eigenvalue weighted by molar-refractivity contribution is 0.355. The third-order valence-electron chi connectivity index (χ3n) is 4.12. The molecule has 0 bridgehead atoms. The van der Waals surface area contributed by atoms with Crippen molar-refractivity contribution in [2.24, 2.45) is 0 Å². The number of methoxy groups -OCH3 is 2. The maximum absolute atomic E-state index is 12.5. The summed E-state index contributed by atoms with van der Waals surface area (Å²) >= 11 is 0. The van der Waals surface area contributed by atoms with Gasteiger partial charge in [-0.15, -0.1) is 0 Å². The molecule has 0 fully saturated rings. The summed E-state index contributed by atoms with van der Waals surface area (Å²) < 4.78 is 12.0. The first-order chi connectivity index (χ1) is 12.7. The molecule has 4 rings (SSSR count). The van der Waals surface area contributed by atoms with Crippen molar-refractivity contribution in [1.82, 2.24) is 19.6 Å². The summed E-state index contributed by atoms with van der Waals surface area (Å²) in [6.07, 6.45) is 3.43. The molecule has 4 aromatic rings. The molecule has 0 unspecified atom stereocenters. The first-order valence-electron chi connectivity index (χ1n) is 7.96. The Labute approximate surface area is 148 Å². The van der Waals surface area contributed by atoms with Crippen LogP contribution < -0.4 is 15.0 Å². The van der Waals surface area contributed by atoms with Gasteiger partial charge in [0.15, 0.2) is 17.1 Å². The van der Waals surface area contributed by atoms with E-state index in [9.17, 15) is 4.79 Å². The molecule has 7 nitrogen and oxygen atoms in total. The van der Waals surface area contributed by atoms with Crippen molar-refractivity contribution >= 4 is 5.65 Å². The van der Waals surface area contributed by atoms with Crippen LogP contribution in [0.25, 0.3) is 28.2 Å². The smallest absolute Gasteiger partial charge is 0.273 e. The number of nitrogens with one attached hydrogen (secondary N) is 1. The van der Waals surface area contributed by atoms with E-state index in [1.807, 2.05) is 24.3 Å². The van der Waals surface area contributed by atoms with Gasteiger partial charge in [0.05, 0.1) is 31.2 Å². The molecule has 130 valence electrons. The molecule has 1 N–H and O–H groups in total. The molecule has 3 aromatic heterocycles. The number of benzene rings is 1. The molecule has 0 spiro atoms. The largest absolute Gasteiger partial charge is 0.493 e. The Bertz CT molecular complexity index is 1130. The van der Waals surface area contributed by atoms with Crippen molar-refractivity contribution in [3.63, 3.8) is 0 Å². The lowest BCUT2D eigenvalue weighted by Crippen LogP contribution is -2.14. The molecule has 1 aromatic carbocycles. The fourth-order valence-electron chi connectivity index (χ4n) is 2.84. The number of aromatic amines is 1. The monoisotopic (exact) mass is 348 g/mol. The second kappa shape index (κ2) is 6.36.